The molecule has 2 N–H and O–H groups in total. The van der Waals surface area contributed by atoms with Crippen molar-refractivity contribution in [3.8, 4) is 0 Å². The molecule has 1 fully saturated rings. The van der Waals surface area contributed by atoms with Gasteiger partial charge in [-0.05, 0) is 51.0 Å². The second kappa shape index (κ2) is 7.11. The smallest absolute Gasteiger partial charge is 0.260 e. The fourth-order valence-electron chi connectivity index (χ4n) is 3.81. The number of nitrogens with zero attached hydrogens (tertiary/aromatic N) is 1. The third kappa shape index (κ3) is 3.49. The van der Waals surface area contributed by atoms with E-state index in [2.05, 4.69) is 15.3 Å². The lowest BCUT2D eigenvalue weighted by Gasteiger charge is -2.15. The lowest BCUT2D eigenvalue weighted by Crippen LogP contribution is -2.37. The number of hydrogen-bond donors (Lipinski definition) is 2. The number of nitrogens with one attached hydrogen (secondary N) is 2. The molecule has 0 unspecified atom stereocenters. The second-order valence-electron chi connectivity index (χ2n) is 7.01. The highest BCUT2D eigenvalue weighted by molar-refractivity contribution is 8.00. The molecule has 0 aliphatic heterocycles. The highest BCUT2D eigenvalue weighted by atomic mass is 32.2. The number of hydrogen-bond acceptors (Lipinski definition) is 5. The van der Waals surface area contributed by atoms with E-state index in [1.807, 2.05) is 6.92 Å². The number of amides is 1. The van der Waals surface area contributed by atoms with Gasteiger partial charge >= 0.3 is 0 Å². The van der Waals surface area contributed by atoms with Gasteiger partial charge in [-0.2, -0.15) is 0 Å². The molecule has 2 aliphatic rings. The van der Waals surface area contributed by atoms with Gasteiger partial charge in [-0.3, -0.25) is 9.59 Å². The minimum absolute atomic E-state index is 0.0325. The summed E-state index contributed by atoms with van der Waals surface area (Å²) in [5.41, 5.74) is 1.14. The highest BCUT2D eigenvalue weighted by Crippen LogP contribution is 2.34. The Kier molecular flexibility index (Phi) is 4.86. The minimum atomic E-state index is -0.268. The van der Waals surface area contributed by atoms with Crippen molar-refractivity contribution in [1.82, 2.24) is 15.3 Å². The monoisotopic (exact) mass is 377 g/mol. The van der Waals surface area contributed by atoms with Crippen molar-refractivity contribution in [2.75, 3.05) is 0 Å². The molecule has 0 bridgehead atoms. The van der Waals surface area contributed by atoms with Crippen LogP contribution in [-0.2, 0) is 17.6 Å². The van der Waals surface area contributed by atoms with Crippen LogP contribution in [0.3, 0.4) is 0 Å². The summed E-state index contributed by atoms with van der Waals surface area (Å²) in [6.45, 7) is 1.87. The summed E-state index contributed by atoms with van der Waals surface area (Å²) in [4.78, 5) is 34.6. The molecule has 1 saturated carbocycles. The standard InChI is InChI=1S/C18H23N3O2S2/c1-10(15(22)19-11-6-2-3-7-11)24-18-20-16(23)14-12-8-4-5-9-13(12)25-17(14)21-18/h10-11H,2-9H2,1H3,(H,19,22)(H,20,21,23)/t10-/m1/s1. The number of carbonyl (C=O) groups excluding carboxylic acids is 1. The minimum Gasteiger partial charge on any atom is -0.352 e. The maximum Gasteiger partial charge on any atom is 0.260 e. The Bertz CT molecular complexity index is 852. The van der Waals surface area contributed by atoms with Gasteiger partial charge in [0.2, 0.25) is 5.91 Å². The molecule has 4 rings (SSSR count). The Morgan fingerprint density at radius 3 is 2.84 bits per heavy atom. The number of rotatable bonds is 4. The van der Waals surface area contributed by atoms with Crippen molar-refractivity contribution in [2.45, 2.75) is 74.7 Å². The van der Waals surface area contributed by atoms with Gasteiger partial charge in [0.05, 0.1) is 10.6 Å². The molecule has 1 atom stereocenters. The number of thioether (sulfide) groups is 1. The van der Waals surface area contributed by atoms with E-state index < -0.39 is 0 Å². The second-order valence-corrected chi connectivity index (χ2v) is 9.43. The summed E-state index contributed by atoms with van der Waals surface area (Å²) < 4.78 is 0. The molecule has 0 radical (unpaired) electrons. The number of carbonyl (C=O) groups is 1. The van der Waals surface area contributed by atoms with Gasteiger partial charge < -0.3 is 10.3 Å². The van der Waals surface area contributed by atoms with Crippen LogP contribution in [-0.4, -0.2) is 27.2 Å². The van der Waals surface area contributed by atoms with Crippen LogP contribution >= 0.6 is 23.1 Å². The summed E-state index contributed by atoms with van der Waals surface area (Å²) in [5.74, 6) is 0.0325. The average molecular weight is 378 g/mol. The zero-order valence-electron chi connectivity index (χ0n) is 14.4. The predicted molar refractivity (Wildman–Crippen MR) is 103 cm³/mol. The Hall–Kier alpha value is -1.34. The molecule has 25 heavy (non-hydrogen) atoms. The molecule has 0 spiro atoms. The lowest BCUT2D eigenvalue weighted by molar-refractivity contribution is -0.120. The van der Waals surface area contributed by atoms with E-state index in [4.69, 9.17) is 0 Å². The van der Waals surface area contributed by atoms with Crippen molar-refractivity contribution < 1.29 is 4.79 Å². The van der Waals surface area contributed by atoms with Crippen molar-refractivity contribution in [3.63, 3.8) is 0 Å². The molecule has 7 heteroatoms. The van der Waals surface area contributed by atoms with E-state index >= 15 is 0 Å². The van der Waals surface area contributed by atoms with Gasteiger partial charge in [-0.25, -0.2) is 4.98 Å². The maximum atomic E-state index is 12.6. The van der Waals surface area contributed by atoms with Crippen LogP contribution in [0, 0.1) is 0 Å². The summed E-state index contributed by atoms with van der Waals surface area (Å²) in [6, 6.07) is 0.314. The lowest BCUT2D eigenvalue weighted by atomic mass is 9.97. The van der Waals surface area contributed by atoms with E-state index in [0.29, 0.717) is 11.2 Å². The van der Waals surface area contributed by atoms with Crippen LogP contribution in [0.15, 0.2) is 9.95 Å². The largest absolute Gasteiger partial charge is 0.352 e. The molecule has 1 amide bonds. The van der Waals surface area contributed by atoms with E-state index in [-0.39, 0.29) is 16.7 Å². The number of aromatic nitrogens is 2. The van der Waals surface area contributed by atoms with E-state index in [0.717, 1.165) is 42.3 Å². The van der Waals surface area contributed by atoms with Crippen molar-refractivity contribution in [3.05, 3.63) is 20.8 Å². The molecule has 0 aromatic carbocycles. The fraction of sp³-hybridized carbons (Fsp3) is 0.611. The topological polar surface area (TPSA) is 74.8 Å². The Morgan fingerprint density at radius 2 is 2.04 bits per heavy atom. The molecule has 2 aliphatic carbocycles. The quantitative estimate of drug-likeness (QED) is 0.632. The van der Waals surface area contributed by atoms with Gasteiger partial charge in [0.25, 0.3) is 5.56 Å². The first-order valence-electron chi connectivity index (χ1n) is 9.13. The van der Waals surface area contributed by atoms with Crippen molar-refractivity contribution in [1.29, 1.82) is 0 Å². The SMILES string of the molecule is C[C@@H](Sc1nc2sc3c(c2c(=O)[nH]1)CCCC3)C(=O)NC1CCCC1. The number of H-pyrrole nitrogens is 1. The highest BCUT2D eigenvalue weighted by Gasteiger charge is 2.23. The van der Waals surface area contributed by atoms with Crippen LogP contribution < -0.4 is 10.9 Å². The van der Waals surface area contributed by atoms with Crippen molar-refractivity contribution >= 4 is 39.2 Å². The third-order valence-corrected chi connectivity index (χ3v) is 7.33. The summed E-state index contributed by atoms with van der Waals surface area (Å²) in [5, 5.41) is 4.16. The molecule has 2 heterocycles. The predicted octanol–water partition coefficient (Wildman–Crippen LogP) is 3.40. The summed E-state index contributed by atoms with van der Waals surface area (Å²) >= 11 is 2.98. The Morgan fingerprint density at radius 1 is 1.28 bits per heavy atom. The first-order chi connectivity index (χ1) is 12.1. The molecule has 0 saturated heterocycles. The van der Waals surface area contributed by atoms with Crippen LogP contribution in [0.5, 0.6) is 0 Å². The number of thiophene rings is 1. The summed E-state index contributed by atoms with van der Waals surface area (Å²) in [7, 11) is 0. The van der Waals surface area contributed by atoms with Gasteiger partial charge in [-0.15, -0.1) is 11.3 Å². The molecule has 5 nitrogen and oxygen atoms in total. The van der Waals surface area contributed by atoms with Gasteiger partial charge in [0.15, 0.2) is 5.16 Å². The molecule has 2 aromatic rings. The van der Waals surface area contributed by atoms with Gasteiger partial charge in [-0.1, -0.05) is 24.6 Å². The molecule has 134 valence electrons. The zero-order chi connectivity index (χ0) is 17.4. The maximum absolute atomic E-state index is 12.6. The Balaban J connectivity index is 1.53. The first-order valence-corrected chi connectivity index (χ1v) is 10.8. The van der Waals surface area contributed by atoms with Crippen LogP contribution in [0.1, 0.15) is 55.9 Å². The Labute approximate surface area is 155 Å². The fourth-order valence-corrected chi connectivity index (χ4v) is 5.94. The normalized spacial score (nSPS) is 19.1. The van der Waals surface area contributed by atoms with E-state index in [9.17, 15) is 9.59 Å². The molecular weight excluding hydrogens is 354 g/mol. The third-order valence-electron chi connectivity index (χ3n) is 5.16. The number of aromatic amines is 1. The summed E-state index contributed by atoms with van der Waals surface area (Å²) in [6.07, 6.45) is 8.91. The molecular formula is C18H23N3O2S2. The zero-order valence-corrected chi connectivity index (χ0v) is 16.0. The van der Waals surface area contributed by atoms with Crippen LogP contribution in [0.4, 0.5) is 0 Å². The van der Waals surface area contributed by atoms with Gasteiger partial charge in [0, 0.05) is 10.9 Å². The average Bonchev–Trinajstić information content (AvgIpc) is 3.21. The first kappa shape index (κ1) is 17.1. The van der Waals surface area contributed by atoms with E-state index in [1.54, 1.807) is 11.3 Å². The van der Waals surface area contributed by atoms with Crippen LogP contribution in [0.2, 0.25) is 0 Å². The van der Waals surface area contributed by atoms with Gasteiger partial charge in [0.1, 0.15) is 4.83 Å². The number of aryl methyl sites for hydroxylation is 2. The van der Waals surface area contributed by atoms with E-state index in [1.165, 1.54) is 41.5 Å². The van der Waals surface area contributed by atoms with Crippen LogP contribution in [0.25, 0.3) is 10.2 Å². The van der Waals surface area contributed by atoms with Crippen molar-refractivity contribution in [2.24, 2.45) is 0 Å². The molecule has 2 aromatic heterocycles. The number of fused-ring (bicyclic) bond motifs is 3.